The Morgan fingerprint density at radius 3 is 2.58 bits per heavy atom. The van der Waals surface area contributed by atoms with Crippen LogP contribution >= 0.6 is 0 Å². The second-order valence-corrected chi connectivity index (χ2v) is 3.95. The average molecular weight is 171 g/mol. The van der Waals surface area contributed by atoms with E-state index in [4.69, 9.17) is 0 Å². The summed E-state index contributed by atoms with van der Waals surface area (Å²) in [5, 5.41) is 12.5. The summed E-state index contributed by atoms with van der Waals surface area (Å²) in [6.07, 6.45) is 7.69. The second-order valence-electron chi connectivity index (χ2n) is 3.95. The number of nitrogens with one attached hydrogen (secondary N) is 1. The minimum atomic E-state index is -0.127. The molecule has 0 bridgehead atoms. The van der Waals surface area contributed by atoms with Crippen LogP contribution in [0.25, 0.3) is 0 Å². The Balaban J connectivity index is 2.11. The van der Waals surface area contributed by atoms with Gasteiger partial charge in [0.15, 0.2) is 0 Å². The summed E-state index contributed by atoms with van der Waals surface area (Å²) in [7, 11) is 1.89. The van der Waals surface area contributed by atoms with E-state index in [-0.39, 0.29) is 6.10 Å². The number of aliphatic hydroxyl groups excluding tert-OH is 1. The molecule has 1 rings (SSSR count). The van der Waals surface area contributed by atoms with Crippen molar-refractivity contribution in [3.05, 3.63) is 0 Å². The molecule has 1 fully saturated rings. The molecule has 2 N–H and O–H groups in total. The first-order valence-corrected chi connectivity index (χ1v) is 5.15. The van der Waals surface area contributed by atoms with Crippen LogP contribution < -0.4 is 5.32 Å². The predicted molar refractivity (Wildman–Crippen MR) is 51.1 cm³/mol. The zero-order valence-electron chi connectivity index (χ0n) is 8.05. The van der Waals surface area contributed by atoms with Gasteiger partial charge in [-0.3, -0.25) is 0 Å². The fourth-order valence-electron chi connectivity index (χ4n) is 2.13. The maximum absolute atomic E-state index is 9.54. The average Bonchev–Trinajstić information content (AvgIpc) is 2.06. The van der Waals surface area contributed by atoms with Gasteiger partial charge in [-0.15, -0.1) is 0 Å². The Morgan fingerprint density at radius 1 is 1.33 bits per heavy atom. The molecule has 12 heavy (non-hydrogen) atoms. The Kier molecular flexibility index (Phi) is 4.62. The molecule has 1 saturated carbocycles. The second kappa shape index (κ2) is 5.55. The standard InChI is InChI=1S/C10H21NO/c1-11-8-10(12)7-9-5-3-2-4-6-9/h9-12H,2-8H2,1H3. The SMILES string of the molecule is CNCC(O)CC1CCCCC1. The van der Waals surface area contributed by atoms with E-state index in [1.165, 1.54) is 32.1 Å². The van der Waals surface area contributed by atoms with Crippen LogP contribution in [0.3, 0.4) is 0 Å². The van der Waals surface area contributed by atoms with Crippen LogP contribution in [0.15, 0.2) is 0 Å². The number of rotatable bonds is 4. The Bertz CT molecular complexity index is 110. The maximum atomic E-state index is 9.54. The molecule has 0 aromatic heterocycles. The highest BCUT2D eigenvalue weighted by Gasteiger charge is 2.16. The summed E-state index contributed by atoms with van der Waals surface area (Å²) in [6, 6.07) is 0. The normalized spacial score (nSPS) is 22.5. The summed E-state index contributed by atoms with van der Waals surface area (Å²) in [5.74, 6) is 0.794. The van der Waals surface area contributed by atoms with E-state index in [9.17, 15) is 5.11 Å². The van der Waals surface area contributed by atoms with E-state index in [1.54, 1.807) is 0 Å². The van der Waals surface area contributed by atoms with Crippen molar-refractivity contribution in [3.8, 4) is 0 Å². The van der Waals surface area contributed by atoms with Crippen molar-refractivity contribution in [2.75, 3.05) is 13.6 Å². The summed E-state index contributed by atoms with van der Waals surface area (Å²) in [6.45, 7) is 0.747. The molecule has 0 aromatic rings. The molecule has 0 aliphatic heterocycles. The lowest BCUT2D eigenvalue weighted by molar-refractivity contribution is 0.130. The molecular weight excluding hydrogens is 150 g/mol. The van der Waals surface area contributed by atoms with Gasteiger partial charge >= 0.3 is 0 Å². The largest absolute Gasteiger partial charge is 0.392 e. The topological polar surface area (TPSA) is 32.3 Å². The van der Waals surface area contributed by atoms with Gasteiger partial charge in [0, 0.05) is 6.54 Å². The molecule has 0 amide bonds. The molecular formula is C10H21NO. The molecule has 1 unspecified atom stereocenters. The highest BCUT2D eigenvalue weighted by atomic mass is 16.3. The third kappa shape index (κ3) is 3.55. The molecule has 0 heterocycles. The first-order valence-electron chi connectivity index (χ1n) is 5.15. The number of aliphatic hydroxyl groups is 1. The predicted octanol–water partition coefficient (Wildman–Crippen LogP) is 1.54. The van der Waals surface area contributed by atoms with Gasteiger partial charge in [0.25, 0.3) is 0 Å². The summed E-state index contributed by atoms with van der Waals surface area (Å²) in [4.78, 5) is 0. The molecule has 2 nitrogen and oxygen atoms in total. The minimum Gasteiger partial charge on any atom is -0.392 e. The van der Waals surface area contributed by atoms with Gasteiger partial charge in [-0.1, -0.05) is 32.1 Å². The van der Waals surface area contributed by atoms with Crippen LogP contribution in [0, 0.1) is 5.92 Å². The smallest absolute Gasteiger partial charge is 0.0667 e. The first kappa shape index (κ1) is 10.0. The number of hydrogen-bond donors (Lipinski definition) is 2. The van der Waals surface area contributed by atoms with Crippen LogP contribution in [-0.4, -0.2) is 24.8 Å². The lowest BCUT2D eigenvalue weighted by Gasteiger charge is -2.23. The van der Waals surface area contributed by atoms with Crippen LogP contribution in [0.2, 0.25) is 0 Å². The minimum absolute atomic E-state index is 0.127. The molecule has 0 radical (unpaired) electrons. The van der Waals surface area contributed by atoms with E-state index in [0.29, 0.717) is 0 Å². The van der Waals surface area contributed by atoms with Crippen molar-refractivity contribution in [2.45, 2.75) is 44.6 Å². The first-order chi connectivity index (χ1) is 5.83. The molecule has 2 heteroatoms. The van der Waals surface area contributed by atoms with Gasteiger partial charge in [0.05, 0.1) is 6.10 Å². The third-order valence-electron chi connectivity index (χ3n) is 2.77. The number of likely N-dealkylation sites (N-methyl/N-ethyl adjacent to an activating group) is 1. The molecule has 1 aliphatic carbocycles. The fraction of sp³-hybridized carbons (Fsp3) is 1.00. The van der Waals surface area contributed by atoms with Crippen molar-refractivity contribution in [2.24, 2.45) is 5.92 Å². The lowest BCUT2D eigenvalue weighted by Crippen LogP contribution is -2.26. The van der Waals surface area contributed by atoms with Crippen molar-refractivity contribution in [1.29, 1.82) is 0 Å². The molecule has 72 valence electrons. The zero-order valence-corrected chi connectivity index (χ0v) is 8.05. The molecule has 0 aromatic carbocycles. The highest BCUT2D eigenvalue weighted by molar-refractivity contribution is 4.70. The molecule has 1 aliphatic rings. The fourth-order valence-corrected chi connectivity index (χ4v) is 2.13. The van der Waals surface area contributed by atoms with Crippen molar-refractivity contribution in [3.63, 3.8) is 0 Å². The van der Waals surface area contributed by atoms with Crippen LogP contribution in [-0.2, 0) is 0 Å². The Labute approximate surface area is 75.4 Å². The summed E-state index contributed by atoms with van der Waals surface area (Å²) < 4.78 is 0. The Hall–Kier alpha value is -0.0800. The number of hydrogen-bond acceptors (Lipinski definition) is 2. The summed E-state index contributed by atoms with van der Waals surface area (Å²) >= 11 is 0. The monoisotopic (exact) mass is 171 g/mol. The molecule has 0 spiro atoms. The van der Waals surface area contributed by atoms with E-state index in [1.807, 2.05) is 7.05 Å². The third-order valence-corrected chi connectivity index (χ3v) is 2.77. The zero-order chi connectivity index (χ0) is 8.81. The molecule has 1 atom stereocenters. The quantitative estimate of drug-likeness (QED) is 0.672. The van der Waals surface area contributed by atoms with Gasteiger partial charge in [0.2, 0.25) is 0 Å². The van der Waals surface area contributed by atoms with Gasteiger partial charge in [-0.2, -0.15) is 0 Å². The van der Waals surface area contributed by atoms with E-state index >= 15 is 0 Å². The van der Waals surface area contributed by atoms with Gasteiger partial charge in [0.1, 0.15) is 0 Å². The van der Waals surface area contributed by atoms with E-state index in [0.717, 1.165) is 18.9 Å². The van der Waals surface area contributed by atoms with Crippen LogP contribution in [0.1, 0.15) is 38.5 Å². The maximum Gasteiger partial charge on any atom is 0.0667 e. The van der Waals surface area contributed by atoms with Crippen molar-refractivity contribution in [1.82, 2.24) is 5.32 Å². The van der Waals surface area contributed by atoms with E-state index < -0.39 is 0 Å². The van der Waals surface area contributed by atoms with Gasteiger partial charge in [-0.25, -0.2) is 0 Å². The van der Waals surface area contributed by atoms with Gasteiger partial charge < -0.3 is 10.4 Å². The van der Waals surface area contributed by atoms with E-state index in [2.05, 4.69) is 5.32 Å². The van der Waals surface area contributed by atoms with Crippen molar-refractivity contribution < 1.29 is 5.11 Å². The van der Waals surface area contributed by atoms with Crippen LogP contribution in [0.4, 0.5) is 0 Å². The Morgan fingerprint density at radius 2 is 2.00 bits per heavy atom. The molecule has 0 saturated heterocycles. The van der Waals surface area contributed by atoms with Crippen LogP contribution in [0.5, 0.6) is 0 Å². The highest BCUT2D eigenvalue weighted by Crippen LogP contribution is 2.27. The van der Waals surface area contributed by atoms with Gasteiger partial charge in [-0.05, 0) is 19.4 Å². The summed E-state index contributed by atoms with van der Waals surface area (Å²) in [5.41, 5.74) is 0. The van der Waals surface area contributed by atoms with Crippen molar-refractivity contribution >= 4 is 0 Å². The lowest BCUT2D eigenvalue weighted by atomic mass is 9.85.